The Balaban J connectivity index is 1.79. The monoisotopic (exact) mass is 335 g/mol. The molecule has 0 aliphatic rings. The summed E-state index contributed by atoms with van der Waals surface area (Å²) in [7, 11) is 3.87. The highest BCUT2D eigenvalue weighted by molar-refractivity contribution is 7.99. The Morgan fingerprint density at radius 3 is 2.78 bits per heavy atom. The third-order valence-corrected chi connectivity index (χ3v) is 4.18. The van der Waals surface area contributed by atoms with E-state index in [1.54, 1.807) is 0 Å². The molecule has 2 aromatic rings. The van der Waals surface area contributed by atoms with Crippen LogP contribution in [0.5, 0.6) is 0 Å². The number of carbonyl (C=O) groups excluding carboxylic acids is 1. The first kappa shape index (κ1) is 17.5. The van der Waals surface area contributed by atoms with Crippen LogP contribution in [-0.2, 0) is 15.3 Å². The van der Waals surface area contributed by atoms with Crippen LogP contribution in [0.25, 0.3) is 11.4 Å². The number of rotatable bonds is 8. The lowest BCUT2D eigenvalue weighted by molar-refractivity contribution is -0.142. The average molecular weight is 335 g/mol. The minimum Gasteiger partial charge on any atom is -0.464 e. The van der Waals surface area contributed by atoms with E-state index in [0.717, 1.165) is 5.56 Å². The molecule has 0 spiro atoms. The van der Waals surface area contributed by atoms with Gasteiger partial charge >= 0.3 is 5.97 Å². The Labute approximate surface area is 140 Å². The van der Waals surface area contributed by atoms with Crippen molar-refractivity contribution in [2.45, 2.75) is 17.9 Å². The second kappa shape index (κ2) is 8.69. The predicted octanol–water partition coefficient (Wildman–Crippen LogP) is 2.46. The van der Waals surface area contributed by atoms with E-state index in [2.05, 4.69) is 10.1 Å². The van der Waals surface area contributed by atoms with E-state index in [1.165, 1.54) is 11.8 Å². The van der Waals surface area contributed by atoms with Crippen LogP contribution in [0.2, 0.25) is 0 Å². The molecule has 0 aliphatic heterocycles. The first-order chi connectivity index (χ1) is 11.1. The predicted molar refractivity (Wildman–Crippen MR) is 90.0 cm³/mol. The van der Waals surface area contributed by atoms with E-state index in [1.807, 2.05) is 56.3 Å². The van der Waals surface area contributed by atoms with Crippen molar-refractivity contribution in [3.05, 3.63) is 36.2 Å². The summed E-state index contributed by atoms with van der Waals surface area (Å²) in [5.41, 5.74) is 0.906. The van der Waals surface area contributed by atoms with Crippen molar-refractivity contribution >= 4 is 17.7 Å². The van der Waals surface area contributed by atoms with E-state index >= 15 is 0 Å². The van der Waals surface area contributed by atoms with Crippen LogP contribution >= 0.6 is 11.8 Å². The lowest BCUT2D eigenvalue weighted by atomic mass is 10.2. The lowest BCUT2D eigenvalue weighted by Crippen LogP contribution is -2.24. The van der Waals surface area contributed by atoms with E-state index in [9.17, 15) is 4.79 Å². The van der Waals surface area contributed by atoms with E-state index in [0.29, 0.717) is 30.6 Å². The zero-order chi connectivity index (χ0) is 16.7. The Morgan fingerprint density at radius 2 is 2.09 bits per heavy atom. The molecule has 23 heavy (non-hydrogen) atoms. The van der Waals surface area contributed by atoms with Gasteiger partial charge in [0.05, 0.1) is 5.75 Å². The van der Waals surface area contributed by atoms with Crippen LogP contribution in [0.3, 0.4) is 0 Å². The highest BCUT2D eigenvalue weighted by Crippen LogP contribution is 2.20. The van der Waals surface area contributed by atoms with Gasteiger partial charge in [0.2, 0.25) is 11.7 Å². The van der Waals surface area contributed by atoms with E-state index in [4.69, 9.17) is 9.26 Å². The molecule has 2 rings (SSSR count). The summed E-state index contributed by atoms with van der Waals surface area (Å²) in [4.78, 5) is 18.2. The first-order valence-electron chi connectivity index (χ1n) is 7.37. The van der Waals surface area contributed by atoms with Crippen molar-refractivity contribution in [3.63, 3.8) is 0 Å². The molecule has 0 N–H and O–H groups in total. The molecule has 0 bridgehead atoms. The number of carbonyl (C=O) groups is 1. The zero-order valence-corrected chi connectivity index (χ0v) is 14.4. The van der Waals surface area contributed by atoms with Gasteiger partial charge in [-0.1, -0.05) is 35.5 Å². The van der Waals surface area contributed by atoms with Crippen LogP contribution in [-0.4, -0.2) is 53.5 Å². The van der Waals surface area contributed by atoms with Crippen molar-refractivity contribution < 1.29 is 14.1 Å². The van der Waals surface area contributed by atoms with Gasteiger partial charge in [-0.3, -0.25) is 4.79 Å². The molecule has 1 unspecified atom stereocenters. The van der Waals surface area contributed by atoms with Gasteiger partial charge in [0, 0.05) is 12.1 Å². The molecule has 0 saturated heterocycles. The molecule has 1 heterocycles. The molecule has 1 aromatic carbocycles. The number of ether oxygens (including phenoxy) is 1. The van der Waals surface area contributed by atoms with E-state index < -0.39 is 0 Å². The zero-order valence-electron chi connectivity index (χ0n) is 13.6. The Bertz CT molecular complexity index is 616. The van der Waals surface area contributed by atoms with Crippen LogP contribution in [0.1, 0.15) is 12.8 Å². The maximum absolute atomic E-state index is 11.8. The maximum Gasteiger partial charge on any atom is 0.318 e. The quantitative estimate of drug-likeness (QED) is 0.686. The molecule has 7 heteroatoms. The normalized spacial score (nSPS) is 12.3. The number of thioether (sulfide) groups is 1. The van der Waals surface area contributed by atoms with Gasteiger partial charge in [0.1, 0.15) is 11.9 Å². The second-order valence-corrected chi connectivity index (χ2v) is 6.63. The molecule has 0 aliphatic carbocycles. The summed E-state index contributed by atoms with van der Waals surface area (Å²) in [6.07, 6.45) is 0. The smallest absolute Gasteiger partial charge is 0.318 e. The fourth-order valence-corrected chi connectivity index (χ4v) is 2.44. The summed E-state index contributed by atoms with van der Waals surface area (Å²) in [5.74, 6) is 1.31. The molecule has 0 radical (unpaired) electrons. The van der Waals surface area contributed by atoms with Crippen molar-refractivity contribution in [2.75, 3.05) is 27.2 Å². The Kier molecular flexibility index (Phi) is 6.61. The van der Waals surface area contributed by atoms with Crippen LogP contribution < -0.4 is 0 Å². The number of benzene rings is 1. The van der Waals surface area contributed by atoms with Gasteiger partial charge in [-0.2, -0.15) is 4.98 Å². The Morgan fingerprint density at radius 1 is 1.35 bits per heavy atom. The molecule has 0 fully saturated rings. The van der Waals surface area contributed by atoms with Gasteiger partial charge in [-0.25, -0.2) is 0 Å². The third kappa shape index (κ3) is 5.69. The molecule has 0 amide bonds. The minimum absolute atomic E-state index is 0.223. The van der Waals surface area contributed by atoms with Crippen LogP contribution in [0.4, 0.5) is 0 Å². The molecular formula is C16H21N3O3S. The summed E-state index contributed by atoms with van der Waals surface area (Å²) in [5, 5.41) is 3.68. The second-order valence-electron chi connectivity index (χ2n) is 5.30. The molecular weight excluding hydrogens is 314 g/mol. The maximum atomic E-state index is 11.8. The largest absolute Gasteiger partial charge is 0.464 e. The van der Waals surface area contributed by atoms with Gasteiger partial charge in [0.15, 0.2) is 0 Å². The van der Waals surface area contributed by atoms with Gasteiger partial charge in [-0.05, 0) is 21.0 Å². The van der Waals surface area contributed by atoms with Crippen molar-refractivity contribution in [1.29, 1.82) is 0 Å². The fraction of sp³-hybridized carbons (Fsp3) is 0.438. The summed E-state index contributed by atoms with van der Waals surface area (Å²) >= 11 is 1.42. The standard InChI is InChI=1S/C16H21N3O3S/c1-12(16(20)21-10-9-19(2)3)23-11-14-17-15(18-22-14)13-7-5-4-6-8-13/h4-8,12H,9-11H2,1-3H3. The van der Waals surface area contributed by atoms with Crippen molar-refractivity contribution in [2.24, 2.45) is 0 Å². The number of aromatic nitrogens is 2. The average Bonchev–Trinajstić information content (AvgIpc) is 3.02. The molecule has 1 aromatic heterocycles. The molecule has 0 saturated carbocycles. The number of hydrogen-bond donors (Lipinski definition) is 0. The highest BCUT2D eigenvalue weighted by atomic mass is 32.2. The molecule has 124 valence electrons. The first-order valence-corrected chi connectivity index (χ1v) is 8.42. The fourth-order valence-electron chi connectivity index (χ4n) is 1.73. The number of esters is 1. The van der Waals surface area contributed by atoms with Crippen molar-refractivity contribution in [1.82, 2.24) is 15.0 Å². The Hall–Kier alpha value is -1.86. The highest BCUT2D eigenvalue weighted by Gasteiger charge is 2.17. The van der Waals surface area contributed by atoms with Crippen LogP contribution in [0.15, 0.2) is 34.9 Å². The molecule has 6 nitrogen and oxygen atoms in total. The van der Waals surface area contributed by atoms with Gasteiger partial charge in [0.25, 0.3) is 0 Å². The van der Waals surface area contributed by atoms with Gasteiger partial charge < -0.3 is 14.2 Å². The summed E-state index contributed by atoms with van der Waals surface area (Å²) < 4.78 is 10.4. The van der Waals surface area contributed by atoms with E-state index in [-0.39, 0.29) is 11.2 Å². The SMILES string of the molecule is CC(SCc1nc(-c2ccccc2)no1)C(=O)OCCN(C)C. The number of hydrogen-bond acceptors (Lipinski definition) is 7. The summed E-state index contributed by atoms with van der Waals surface area (Å²) in [6.45, 7) is 2.93. The minimum atomic E-state index is -0.274. The van der Waals surface area contributed by atoms with Crippen molar-refractivity contribution in [3.8, 4) is 11.4 Å². The topological polar surface area (TPSA) is 68.5 Å². The summed E-state index contributed by atoms with van der Waals surface area (Å²) in [6, 6.07) is 9.63. The number of likely N-dealkylation sites (N-methyl/N-ethyl adjacent to an activating group) is 1. The van der Waals surface area contributed by atoms with Crippen LogP contribution in [0, 0.1) is 0 Å². The van der Waals surface area contributed by atoms with Gasteiger partial charge in [-0.15, -0.1) is 11.8 Å². The molecule has 1 atom stereocenters. The number of nitrogens with zero attached hydrogens (tertiary/aromatic N) is 3. The third-order valence-electron chi connectivity index (χ3n) is 3.07. The lowest BCUT2D eigenvalue weighted by Gasteiger charge is -2.12.